The summed E-state index contributed by atoms with van der Waals surface area (Å²) in [4.78, 5) is 11.1. The Kier molecular flexibility index (Phi) is 4.21. The number of aliphatic hydroxyl groups is 1. The van der Waals surface area contributed by atoms with Crippen LogP contribution < -0.4 is 14.2 Å². The molecule has 1 aliphatic heterocycles. The SMILES string of the molecule is COc1ccc2c(c1)O[C@@H](c1cccc(OC(C)=O)c1)C[C@@H]2O. The Morgan fingerprint density at radius 2 is 2.04 bits per heavy atom. The van der Waals surface area contributed by atoms with E-state index in [1.165, 1.54) is 6.92 Å². The topological polar surface area (TPSA) is 65.0 Å². The van der Waals surface area contributed by atoms with Crippen LogP contribution in [-0.4, -0.2) is 18.2 Å². The lowest BCUT2D eigenvalue weighted by Gasteiger charge is -2.30. The minimum atomic E-state index is -0.618. The fourth-order valence-corrected chi connectivity index (χ4v) is 2.70. The number of esters is 1. The van der Waals surface area contributed by atoms with Crippen molar-refractivity contribution in [1.29, 1.82) is 0 Å². The summed E-state index contributed by atoms with van der Waals surface area (Å²) in [5.74, 6) is 1.36. The predicted molar refractivity (Wildman–Crippen MR) is 83.7 cm³/mol. The van der Waals surface area contributed by atoms with Gasteiger partial charge in [-0.25, -0.2) is 0 Å². The Balaban J connectivity index is 1.88. The molecule has 5 nitrogen and oxygen atoms in total. The van der Waals surface area contributed by atoms with Crippen LogP contribution >= 0.6 is 0 Å². The van der Waals surface area contributed by atoms with Crippen LogP contribution in [0.5, 0.6) is 17.2 Å². The van der Waals surface area contributed by atoms with Gasteiger partial charge in [0, 0.05) is 25.0 Å². The highest BCUT2D eigenvalue weighted by atomic mass is 16.5. The van der Waals surface area contributed by atoms with E-state index >= 15 is 0 Å². The summed E-state index contributed by atoms with van der Waals surface area (Å²) in [6, 6.07) is 12.5. The molecule has 0 unspecified atom stereocenters. The van der Waals surface area contributed by atoms with E-state index in [1.807, 2.05) is 12.1 Å². The van der Waals surface area contributed by atoms with Gasteiger partial charge in [0.05, 0.1) is 13.2 Å². The van der Waals surface area contributed by atoms with Crippen LogP contribution in [0.3, 0.4) is 0 Å². The first-order valence-electron chi connectivity index (χ1n) is 7.38. The summed E-state index contributed by atoms with van der Waals surface area (Å²) in [6.45, 7) is 1.36. The van der Waals surface area contributed by atoms with Crippen LogP contribution in [0.4, 0.5) is 0 Å². The molecule has 1 N–H and O–H groups in total. The third-order valence-electron chi connectivity index (χ3n) is 3.78. The van der Waals surface area contributed by atoms with E-state index in [4.69, 9.17) is 14.2 Å². The average molecular weight is 314 g/mol. The molecule has 2 atom stereocenters. The molecule has 120 valence electrons. The van der Waals surface area contributed by atoms with E-state index in [-0.39, 0.29) is 12.1 Å². The van der Waals surface area contributed by atoms with Crippen molar-refractivity contribution in [2.75, 3.05) is 7.11 Å². The smallest absolute Gasteiger partial charge is 0.308 e. The Morgan fingerprint density at radius 1 is 1.22 bits per heavy atom. The monoisotopic (exact) mass is 314 g/mol. The first-order chi connectivity index (χ1) is 11.1. The zero-order valence-corrected chi connectivity index (χ0v) is 13.0. The number of methoxy groups -OCH3 is 1. The van der Waals surface area contributed by atoms with Crippen molar-refractivity contribution < 1.29 is 24.1 Å². The number of benzene rings is 2. The maximum atomic E-state index is 11.1. The Morgan fingerprint density at radius 3 is 2.78 bits per heavy atom. The molecule has 0 fully saturated rings. The molecule has 2 aromatic carbocycles. The molecule has 0 radical (unpaired) electrons. The zero-order chi connectivity index (χ0) is 16.4. The van der Waals surface area contributed by atoms with E-state index in [1.54, 1.807) is 37.4 Å². The summed E-state index contributed by atoms with van der Waals surface area (Å²) in [5.41, 5.74) is 1.59. The molecular formula is C18H18O5. The number of carbonyl (C=O) groups is 1. The Hall–Kier alpha value is -2.53. The van der Waals surface area contributed by atoms with Gasteiger partial charge in [0.15, 0.2) is 0 Å². The van der Waals surface area contributed by atoms with Crippen molar-refractivity contribution in [3.8, 4) is 17.2 Å². The second kappa shape index (κ2) is 6.30. The van der Waals surface area contributed by atoms with Crippen molar-refractivity contribution in [1.82, 2.24) is 0 Å². The summed E-state index contributed by atoms with van der Waals surface area (Å²) < 4.78 is 16.3. The highest BCUT2D eigenvalue weighted by molar-refractivity contribution is 5.69. The standard InChI is InChI=1S/C18H18O5/c1-11(19)22-14-5-3-4-12(8-14)17-10-16(20)15-7-6-13(21-2)9-18(15)23-17/h3-9,16-17,20H,10H2,1-2H3/t16-,17+/m0/s1. The van der Waals surface area contributed by atoms with Crippen molar-refractivity contribution in [3.63, 3.8) is 0 Å². The molecule has 3 rings (SSSR count). The van der Waals surface area contributed by atoms with Gasteiger partial charge in [0.1, 0.15) is 23.4 Å². The van der Waals surface area contributed by atoms with E-state index in [0.29, 0.717) is 23.7 Å². The minimum absolute atomic E-state index is 0.319. The maximum Gasteiger partial charge on any atom is 0.308 e. The van der Waals surface area contributed by atoms with Gasteiger partial charge in [0.2, 0.25) is 0 Å². The Bertz CT molecular complexity index is 725. The highest BCUT2D eigenvalue weighted by Crippen LogP contribution is 2.42. The summed E-state index contributed by atoms with van der Waals surface area (Å²) >= 11 is 0. The number of ether oxygens (including phenoxy) is 3. The molecule has 23 heavy (non-hydrogen) atoms. The number of carbonyl (C=O) groups excluding carboxylic acids is 1. The normalized spacial score (nSPS) is 19.4. The number of fused-ring (bicyclic) bond motifs is 1. The first-order valence-corrected chi connectivity index (χ1v) is 7.38. The van der Waals surface area contributed by atoms with Crippen LogP contribution in [0, 0.1) is 0 Å². The van der Waals surface area contributed by atoms with Crippen LogP contribution in [0.1, 0.15) is 36.7 Å². The Labute approximate surface area is 134 Å². The molecule has 0 amide bonds. The number of rotatable bonds is 3. The van der Waals surface area contributed by atoms with E-state index in [9.17, 15) is 9.90 Å². The van der Waals surface area contributed by atoms with Crippen LogP contribution in [0.25, 0.3) is 0 Å². The predicted octanol–water partition coefficient (Wildman–Crippen LogP) is 3.18. The molecule has 0 aromatic heterocycles. The van der Waals surface area contributed by atoms with E-state index < -0.39 is 6.10 Å². The van der Waals surface area contributed by atoms with Gasteiger partial charge in [-0.2, -0.15) is 0 Å². The molecule has 0 bridgehead atoms. The van der Waals surface area contributed by atoms with E-state index in [2.05, 4.69) is 0 Å². The lowest BCUT2D eigenvalue weighted by Crippen LogP contribution is -2.19. The lowest BCUT2D eigenvalue weighted by atomic mass is 9.95. The lowest BCUT2D eigenvalue weighted by molar-refractivity contribution is -0.131. The molecule has 0 aliphatic carbocycles. The van der Waals surface area contributed by atoms with Gasteiger partial charge in [-0.3, -0.25) is 4.79 Å². The summed E-state index contributed by atoms with van der Waals surface area (Å²) in [7, 11) is 1.58. The van der Waals surface area contributed by atoms with Gasteiger partial charge in [0.25, 0.3) is 0 Å². The molecule has 1 aliphatic rings. The van der Waals surface area contributed by atoms with Gasteiger partial charge >= 0.3 is 5.97 Å². The summed E-state index contributed by atoms with van der Waals surface area (Å²) in [6.07, 6.45) is -0.504. The second-order valence-electron chi connectivity index (χ2n) is 5.43. The average Bonchev–Trinajstić information content (AvgIpc) is 2.53. The van der Waals surface area contributed by atoms with E-state index in [0.717, 1.165) is 11.1 Å². The molecular weight excluding hydrogens is 296 g/mol. The molecule has 5 heteroatoms. The maximum absolute atomic E-state index is 11.1. The molecule has 0 saturated heterocycles. The number of hydrogen-bond donors (Lipinski definition) is 1. The largest absolute Gasteiger partial charge is 0.497 e. The number of hydrogen-bond acceptors (Lipinski definition) is 5. The fourth-order valence-electron chi connectivity index (χ4n) is 2.70. The van der Waals surface area contributed by atoms with Gasteiger partial charge in [-0.15, -0.1) is 0 Å². The minimum Gasteiger partial charge on any atom is -0.497 e. The van der Waals surface area contributed by atoms with Gasteiger partial charge < -0.3 is 19.3 Å². The van der Waals surface area contributed by atoms with Crippen molar-refractivity contribution in [2.24, 2.45) is 0 Å². The second-order valence-corrected chi connectivity index (χ2v) is 5.43. The van der Waals surface area contributed by atoms with Crippen LogP contribution in [0.15, 0.2) is 42.5 Å². The summed E-state index contributed by atoms with van der Waals surface area (Å²) in [5, 5.41) is 10.4. The third-order valence-corrected chi connectivity index (χ3v) is 3.78. The van der Waals surface area contributed by atoms with Crippen molar-refractivity contribution in [2.45, 2.75) is 25.6 Å². The van der Waals surface area contributed by atoms with Crippen molar-refractivity contribution >= 4 is 5.97 Å². The number of aliphatic hydroxyl groups excluding tert-OH is 1. The molecule has 1 heterocycles. The molecule has 2 aromatic rings. The molecule has 0 saturated carbocycles. The highest BCUT2D eigenvalue weighted by Gasteiger charge is 2.28. The van der Waals surface area contributed by atoms with Gasteiger partial charge in [-0.1, -0.05) is 12.1 Å². The van der Waals surface area contributed by atoms with Gasteiger partial charge in [-0.05, 0) is 29.8 Å². The van der Waals surface area contributed by atoms with Crippen LogP contribution in [0.2, 0.25) is 0 Å². The molecule has 0 spiro atoms. The zero-order valence-electron chi connectivity index (χ0n) is 13.0. The third kappa shape index (κ3) is 3.29. The van der Waals surface area contributed by atoms with Crippen molar-refractivity contribution in [3.05, 3.63) is 53.6 Å². The quantitative estimate of drug-likeness (QED) is 0.696. The fraction of sp³-hybridized carbons (Fsp3) is 0.278. The first kappa shape index (κ1) is 15.4. The van der Waals surface area contributed by atoms with Crippen LogP contribution in [-0.2, 0) is 4.79 Å².